The number of rotatable bonds is 25. The Labute approximate surface area is 220 Å². The van der Waals surface area contributed by atoms with Crippen molar-refractivity contribution in [1.82, 2.24) is 0 Å². The second-order valence-corrected chi connectivity index (χ2v) is 11.0. The highest BCUT2D eigenvalue weighted by molar-refractivity contribution is 5.78. The number of hydrogen-bond donors (Lipinski definition) is 6. The molecule has 0 aliphatic rings. The molecule has 0 saturated carbocycles. The second-order valence-electron chi connectivity index (χ2n) is 11.0. The summed E-state index contributed by atoms with van der Waals surface area (Å²) in [4.78, 5) is 23.3. The lowest BCUT2D eigenvalue weighted by Crippen LogP contribution is -2.61. The molecule has 8 nitrogen and oxygen atoms in total. The van der Waals surface area contributed by atoms with Gasteiger partial charge < -0.3 is 33.1 Å². The molecular formula is C28H58N4O4. The summed E-state index contributed by atoms with van der Waals surface area (Å²) < 4.78 is 0. The van der Waals surface area contributed by atoms with E-state index in [1.165, 1.54) is 38.5 Å². The monoisotopic (exact) mass is 514 g/mol. The fourth-order valence-electron chi connectivity index (χ4n) is 5.07. The van der Waals surface area contributed by atoms with Gasteiger partial charge in [-0.1, -0.05) is 117 Å². The summed E-state index contributed by atoms with van der Waals surface area (Å²) in [6.07, 6.45) is 20.0. The molecule has 0 radical (unpaired) electrons. The summed E-state index contributed by atoms with van der Waals surface area (Å²) >= 11 is 0. The molecule has 36 heavy (non-hydrogen) atoms. The minimum Gasteiger partial charge on any atom is -0.479 e. The predicted octanol–water partition coefficient (Wildman–Crippen LogP) is 5.46. The molecule has 0 aliphatic heterocycles. The molecule has 2 unspecified atom stereocenters. The first kappa shape index (κ1) is 34.8. The summed E-state index contributed by atoms with van der Waals surface area (Å²) in [5.74, 6) is -2.80. The van der Waals surface area contributed by atoms with Gasteiger partial charge in [0.2, 0.25) is 0 Å². The number of nitrogens with two attached hydrogens (primary N) is 4. The van der Waals surface area contributed by atoms with Gasteiger partial charge in [-0.25, -0.2) is 9.59 Å². The van der Waals surface area contributed by atoms with Crippen LogP contribution in [0.1, 0.15) is 142 Å². The van der Waals surface area contributed by atoms with Gasteiger partial charge in [-0.15, -0.1) is 0 Å². The molecule has 0 bridgehead atoms. The highest BCUT2D eigenvalue weighted by Gasteiger charge is 2.38. The van der Waals surface area contributed by atoms with Crippen LogP contribution in [-0.2, 0) is 9.59 Å². The third-order valence-corrected chi connectivity index (χ3v) is 7.76. The summed E-state index contributed by atoms with van der Waals surface area (Å²) in [7, 11) is 0. The number of aliphatic carboxylic acids is 2. The van der Waals surface area contributed by atoms with Gasteiger partial charge in [0, 0.05) is 11.8 Å². The minimum absolute atomic E-state index is 0.255. The van der Waals surface area contributed by atoms with E-state index in [1.54, 1.807) is 0 Å². The SMILES string of the molecule is CCCCCCCCC(CCCCCCC(CCCCCCCC)C(N)(N)C(=O)O)C(N)(N)C(=O)O. The van der Waals surface area contributed by atoms with Gasteiger partial charge in [0.25, 0.3) is 0 Å². The zero-order chi connectivity index (χ0) is 27.5. The molecule has 8 heteroatoms. The van der Waals surface area contributed by atoms with Gasteiger partial charge in [0.15, 0.2) is 11.3 Å². The van der Waals surface area contributed by atoms with Gasteiger partial charge in [-0.2, -0.15) is 0 Å². The van der Waals surface area contributed by atoms with Crippen molar-refractivity contribution in [2.75, 3.05) is 0 Å². The normalized spacial score (nSPS) is 14.1. The van der Waals surface area contributed by atoms with Crippen molar-refractivity contribution in [1.29, 1.82) is 0 Å². The largest absolute Gasteiger partial charge is 0.479 e. The lowest BCUT2D eigenvalue weighted by molar-refractivity contribution is -0.146. The van der Waals surface area contributed by atoms with Gasteiger partial charge in [0.1, 0.15) is 0 Å². The minimum atomic E-state index is -1.70. The molecule has 0 heterocycles. The molecule has 0 aromatic heterocycles. The van der Waals surface area contributed by atoms with E-state index >= 15 is 0 Å². The molecule has 0 aromatic rings. The van der Waals surface area contributed by atoms with Crippen LogP contribution in [0.25, 0.3) is 0 Å². The van der Waals surface area contributed by atoms with Crippen LogP contribution in [0.4, 0.5) is 0 Å². The van der Waals surface area contributed by atoms with Crippen LogP contribution < -0.4 is 22.9 Å². The Morgan fingerprint density at radius 3 is 0.944 bits per heavy atom. The van der Waals surface area contributed by atoms with Crippen LogP contribution in [0.5, 0.6) is 0 Å². The number of hydrogen-bond acceptors (Lipinski definition) is 6. The number of carboxylic acids is 2. The molecule has 0 fully saturated rings. The van der Waals surface area contributed by atoms with Crippen LogP contribution in [0, 0.1) is 11.8 Å². The van der Waals surface area contributed by atoms with Gasteiger partial charge in [-0.05, 0) is 25.7 Å². The Hall–Kier alpha value is -1.22. The van der Waals surface area contributed by atoms with Crippen molar-refractivity contribution in [2.24, 2.45) is 34.8 Å². The van der Waals surface area contributed by atoms with Crippen molar-refractivity contribution in [2.45, 2.75) is 154 Å². The fraction of sp³-hybridized carbons (Fsp3) is 0.929. The molecule has 214 valence electrons. The smallest absolute Gasteiger partial charge is 0.338 e. The Morgan fingerprint density at radius 1 is 0.500 bits per heavy atom. The van der Waals surface area contributed by atoms with E-state index < -0.39 is 23.3 Å². The molecule has 0 saturated heterocycles. The first-order chi connectivity index (χ1) is 17.0. The van der Waals surface area contributed by atoms with Crippen molar-refractivity contribution < 1.29 is 19.8 Å². The lowest BCUT2D eigenvalue weighted by atomic mass is 9.83. The Bertz CT molecular complexity index is 534. The zero-order valence-corrected chi connectivity index (χ0v) is 23.3. The fourth-order valence-corrected chi connectivity index (χ4v) is 5.07. The second kappa shape index (κ2) is 19.8. The van der Waals surface area contributed by atoms with E-state index in [0.29, 0.717) is 12.8 Å². The standard InChI is InChI=1S/C28H58N4O4/c1-3-5-7-9-11-15-19-23(27(29,30)25(33)34)21-17-13-14-18-22-24(28(31,32)26(35)36)20-16-12-10-8-6-4-2/h23-24H,3-22,29-32H2,1-2H3,(H,33,34)(H,35,36). The Balaban J connectivity index is 4.54. The average Bonchev–Trinajstić information content (AvgIpc) is 2.82. The quantitative estimate of drug-likeness (QED) is 0.0686. The predicted molar refractivity (Wildman–Crippen MR) is 148 cm³/mol. The highest BCUT2D eigenvalue weighted by atomic mass is 16.4. The molecule has 0 aromatic carbocycles. The van der Waals surface area contributed by atoms with E-state index in [1.807, 2.05) is 0 Å². The van der Waals surface area contributed by atoms with Gasteiger partial charge in [0.05, 0.1) is 0 Å². The van der Waals surface area contributed by atoms with E-state index in [2.05, 4.69) is 13.8 Å². The van der Waals surface area contributed by atoms with Crippen molar-refractivity contribution >= 4 is 11.9 Å². The number of carboxylic acid groups (broad SMARTS) is 2. The summed E-state index contributed by atoms with van der Waals surface area (Å²) in [6.45, 7) is 4.37. The van der Waals surface area contributed by atoms with Crippen molar-refractivity contribution in [3.8, 4) is 0 Å². The Kier molecular flexibility index (Phi) is 19.2. The zero-order valence-electron chi connectivity index (χ0n) is 23.3. The molecule has 0 aliphatic carbocycles. The van der Waals surface area contributed by atoms with E-state index in [0.717, 1.165) is 77.0 Å². The van der Waals surface area contributed by atoms with Crippen LogP contribution in [0.3, 0.4) is 0 Å². The van der Waals surface area contributed by atoms with Gasteiger partial charge in [-0.3, -0.25) is 0 Å². The molecule has 0 spiro atoms. The van der Waals surface area contributed by atoms with E-state index in [-0.39, 0.29) is 11.8 Å². The van der Waals surface area contributed by atoms with E-state index in [9.17, 15) is 19.8 Å². The molecular weight excluding hydrogens is 456 g/mol. The van der Waals surface area contributed by atoms with Crippen LogP contribution in [0.2, 0.25) is 0 Å². The first-order valence-corrected chi connectivity index (χ1v) is 14.6. The average molecular weight is 515 g/mol. The molecule has 2 atom stereocenters. The highest BCUT2D eigenvalue weighted by Crippen LogP contribution is 2.27. The maximum Gasteiger partial charge on any atom is 0.338 e. The van der Waals surface area contributed by atoms with Crippen LogP contribution in [0.15, 0.2) is 0 Å². The van der Waals surface area contributed by atoms with Crippen molar-refractivity contribution in [3.05, 3.63) is 0 Å². The van der Waals surface area contributed by atoms with Crippen LogP contribution >= 0.6 is 0 Å². The third kappa shape index (κ3) is 14.5. The third-order valence-electron chi connectivity index (χ3n) is 7.76. The summed E-state index contributed by atoms with van der Waals surface area (Å²) in [5.41, 5.74) is 20.6. The van der Waals surface area contributed by atoms with Gasteiger partial charge >= 0.3 is 11.9 Å². The summed E-state index contributed by atoms with van der Waals surface area (Å²) in [5, 5.41) is 19.0. The maximum absolute atomic E-state index is 11.6. The van der Waals surface area contributed by atoms with Crippen molar-refractivity contribution in [3.63, 3.8) is 0 Å². The topological polar surface area (TPSA) is 179 Å². The molecule has 0 rings (SSSR count). The molecule has 10 N–H and O–H groups in total. The Morgan fingerprint density at radius 2 is 0.722 bits per heavy atom. The number of unbranched alkanes of at least 4 members (excludes halogenated alkanes) is 13. The summed E-state index contributed by atoms with van der Waals surface area (Å²) in [6, 6.07) is 0. The van der Waals surface area contributed by atoms with Crippen LogP contribution in [-0.4, -0.2) is 33.5 Å². The molecule has 0 amide bonds. The number of carbonyl (C=O) groups is 2. The maximum atomic E-state index is 11.6. The van der Waals surface area contributed by atoms with E-state index in [4.69, 9.17) is 22.9 Å². The first-order valence-electron chi connectivity index (χ1n) is 14.6. The lowest BCUT2D eigenvalue weighted by Gasteiger charge is -2.31.